The van der Waals surface area contributed by atoms with Crippen LogP contribution in [0.1, 0.15) is 23.2 Å². The highest BCUT2D eigenvalue weighted by Gasteiger charge is 2.32. The van der Waals surface area contributed by atoms with Crippen molar-refractivity contribution in [2.75, 3.05) is 18.0 Å². The molecule has 0 spiro atoms. The highest BCUT2D eigenvalue weighted by atomic mass is 19.1. The maximum atomic E-state index is 14.8. The zero-order valence-electron chi connectivity index (χ0n) is 17.1. The molecule has 3 amide bonds. The number of aromatic nitrogens is 2. The van der Waals surface area contributed by atoms with Crippen molar-refractivity contribution < 1.29 is 27.9 Å². The lowest BCUT2D eigenvalue weighted by molar-refractivity contribution is -0.119. The molecule has 3 heterocycles. The van der Waals surface area contributed by atoms with Crippen LogP contribution in [0.15, 0.2) is 53.5 Å². The first-order valence-electron chi connectivity index (χ1n) is 9.78. The zero-order valence-corrected chi connectivity index (χ0v) is 17.1. The number of amides is 3. The highest BCUT2D eigenvalue weighted by Crippen LogP contribution is 2.25. The number of nitrogens with one attached hydrogen (secondary N) is 2. The predicted octanol–water partition coefficient (Wildman–Crippen LogP) is 2.00. The summed E-state index contributed by atoms with van der Waals surface area (Å²) in [5, 5.41) is 5.26. The van der Waals surface area contributed by atoms with Crippen LogP contribution in [0.25, 0.3) is 5.69 Å². The van der Waals surface area contributed by atoms with E-state index in [1.165, 1.54) is 41.1 Å². The number of benzene rings is 1. The van der Waals surface area contributed by atoms with E-state index in [0.717, 1.165) is 0 Å². The summed E-state index contributed by atoms with van der Waals surface area (Å²) in [4.78, 5) is 40.6. The number of furan rings is 1. The van der Waals surface area contributed by atoms with E-state index in [4.69, 9.17) is 9.15 Å². The molecule has 2 N–H and O–H groups in total. The summed E-state index contributed by atoms with van der Waals surface area (Å²) in [6.45, 7) is 1.90. The van der Waals surface area contributed by atoms with Crippen molar-refractivity contribution in [3.63, 3.8) is 0 Å². The largest absolute Gasteiger partial charge is 0.459 e. The fourth-order valence-corrected chi connectivity index (χ4v) is 3.22. The number of hydrogen-bond donors (Lipinski definition) is 2. The van der Waals surface area contributed by atoms with Gasteiger partial charge in [-0.15, -0.1) is 0 Å². The smallest absolute Gasteiger partial charge is 0.414 e. The summed E-state index contributed by atoms with van der Waals surface area (Å²) < 4.78 is 26.5. The average molecular weight is 441 g/mol. The van der Waals surface area contributed by atoms with Crippen LogP contribution in [0.3, 0.4) is 0 Å². The quantitative estimate of drug-likeness (QED) is 0.579. The molecule has 0 unspecified atom stereocenters. The summed E-state index contributed by atoms with van der Waals surface area (Å²) in [6.07, 6.45) is 3.31. The molecule has 10 nitrogen and oxygen atoms in total. The Morgan fingerprint density at radius 1 is 1.28 bits per heavy atom. The molecular formula is C21H20FN5O5. The van der Waals surface area contributed by atoms with Gasteiger partial charge in [-0.25, -0.2) is 14.2 Å². The van der Waals surface area contributed by atoms with Gasteiger partial charge in [-0.1, -0.05) is 0 Å². The average Bonchev–Trinajstić information content (AvgIpc) is 3.51. The van der Waals surface area contributed by atoms with Crippen LogP contribution in [0.5, 0.6) is 0 Å². The minimum atomic E-state index is -0.607. The Labute approximate surface area is 182 Å². The van der Waals surface area contributed by atoms with Crippen molar-refractivity contribution in [1.29, 1.82) is 0 Å². The lowest BCUT2D eigenvalue weighted by Crippen LogP contribution is -2.33. The lowest BCUT2D eigenvalue weighted by Gasteiger charge is -2.14. The van der Waals surface area contributed by atoms with Gasteiger partial charge in [0.2, 0.25) is 5.91 Å². The third-order valence-electron chi connectivity index (χ3n) is 4.78. The topological polar surface area (TPSA) is 119 Å². The Morgan fingerprint density at radius 2 is 2.12 bits per heavy atom. The molecule has 1 aliphatic rings. The second-order valence-electron chi connectivity index (χ2n) is 7.12. The minimum Gasteiger partial charge on any atom is -0.459 e. The molecular weight excluding hydrogens is 421 g/mol. The van der Waals surface area contributed by atoms with E-state index in [0.29, 0.717) is 11.4 Å². The van der Waals surface area contributed by atoms with Crippen LogP contribution >= 0.6 is 0 Å². The first kappa shape index (κ1) is 21.1. The number of halogens is 1. The van der Waals surface area contributed by atoms with E-state index in [9.17, 15) is 18.8 Å². The molecule has 1 aromatic carbocycles. The number of cyclic esters (lactones) is 1. The van der Waals surface area contributed by atoms with Gasteiger partial charge in [-0.05, 0) is 30.3 Å². The molecule has 11 heteroatoms. The SMILES string of the molecule is CC(=O)NC[C@H]1CN(c2ccc(-n3cnc(CNC(=O)c4ccco4)c3)c(F)c2)C(=O)O1. The van der Waals surface area contributed by atoms with Gasteiger partial charge in [0.1, 0.15) is 11.9 Å². The van der Waals surface area contributed by atoms with E-state index in [-0.39, 0.29) is 42.9 Å². The van der Waals surface area contributed by atoms with Crippen LogP contribution in [-0.4, -0.2) is 46.7 Å². The molecule has 1 aliphatic heterocycles. The number of rotatable bonds is 7. The Balaban J connectivity index is 1.41. The van der Waals surface area contributed by atoms with Gasteiger partial charge < -0.3 is 24.4 Å². The van der Waals surface area contributed by atoms with Crippen molar-refractivity contribution in [3.05, 3.63) is 66.4 Å². The maximum absolute atomic E-state index is 14.8. The number of hydrogen-bond acceptors (Lipinski definition) is 6. The second-order valence-corrected chi connectivity index (χ2v) is 7.12. The summed E-state index contributed by atoms with van der Waals surface area (Å²) in [6, 6.07) is 7.50. The molecule has 3 aromatic rings. The van der Waals surface area contributed by atoms with Crippen molar-refractivity contribution in [3.8, 4) is 5.69 Å². The van der Waals surface area contributed by atoms with Crippen LogP contribution in [-0.2, 0) is 16.1 Å². The fraction of sp³-hybridized carbons (Fsp3) is 0.238. The molecule has 32 heavy (non-hydrogen) atoms. The monoisotopic (exact) mass is 441 g/mol. The lowest BCUT2D eigenvalue weighted by atomic mass is 10.2. The van der Waals surface area contributed by atoms with Gasteiger partial charge in [-0.3, -0.25) is 14.5 Å². The van der Waals surface area contributed by atoms with Crippen molar-refractivity contribution >= 4 is 23.6 Å². The molecule has 166 valence electrons. The number of imidazole rings is 1. The third-order valence-corrected chi connectivity index (χ3v) is 4.78. The van der Waals surface area contributed by atoms with Crippen LogP contribution in [0, 0.1) is 5.82 Å². The van der Waals surface area contributed by atoms with E-state index >= 15 is 0 Å². The number of anilines is 1. The van der Waals surface area contributed by atoms with Gasteiger partial charge in [0.05, 0.1) is 49.3 Å². The van der Waals surface area contributed by atoms with Crippen molar-refractivity contribution in [2.45, 2.75) is 19.6 Å². The number of carbonyl (C=O) groups excluding carboxylic acids is 3. The molecule has 1 atom stereocenters. The number of nitrogens with zero attached hydrogens (tertiary/aromatic N) is 3. The Bertz CT molecular complexity index is 1140. The van der Waals surface area contributed by atoms with Gasteiger partial charge >= 0.3 is 6.09 Å². The summed E-state index contributed by atoms with van der Waals surface area (Å²) >= 11 is 0. The highest BCUT2D eigenvalue weighted by molar-refractivity contribution is 5.91. The van der Waals surface area contributed by atoms with Crippen LogP contribution in [0.2, 0.25) is 0 Å². The Kier molecular flexibility index (Phi) is 5.88. The standard InChI is InChI=1S/C21H20FN5O5/c1-13(28)23-9-16-11-27(21(30)32-16)15-4-5-18(17(22)7-15)26-10-14(25-12-26)8-24-20(29)19-3-2-6-31-19/h2-7,10,12,16H,8-9,11H2,1H3,(H,23,28)(H,24,29)/t16-/m0/s1. The first-order chi connectivity index (χ1) is 15.4. The summed E-state index contributed by atoms with van der Waals surface area (Å²) in [7, 11) is 0. The van der Waals surface area contributed by atoms with E-state index < -0.39 is 18.0 Å². The molecule has 0 radical (unpaired) electrons. The molecule has 0 saturated carbocycles. The number of carbonyl (C=O) groups is 3. The summed E-state index contributed by atoms with van der Waals surface area (Å²) in [5.74, 6) is -0.987. The van der Waals surface area contributed by atoms with Gasteiger partial charge in [0, 0.05) is 13.1 Å². The molecule has 2 aromatic heterocycles. The van der Waals surface area contributed by atoms with Crippen LogP contribution < -0.4 is 15.5 Å². The van der Waals surface area contributed by atoms with Gasteiger partial charge in [0.25, 0.3) is 5.91 Å². The fourth-order valence-electron chi connectivity index (χ4n) is 3.22. The van der Waals surface area contributed by atoms with E-state index in [1.807, 2.05) is 0 Å². The third kappa shape index (κ3) is 4.61. The molecule has 1 fully saturated rings. The second kappa shape index (κ2) is 8.92. The minimum absolute atomic E-state index is 0.140. The van der Waals surface area contributed by atoms with Crippen LogP contribution in [0.4, 0.5) is 14.9 Å². The van der Waals surface area contributed by atoms with Crippen molar-refractivity contribution in [1.82, 2.24) is 20.2 Å². The van der Waals surface area contributed by atoms with Gasteiger partial charge in [0.15, 0.2) is 5.76 Å². The molecule has 4 rings (SSSR count). The maximum Gasteiger partial charge on any atom is 0.414 e. The van der Waals surface area contributed by atoms with Crippen molar-refractivity contribution in [2.24, 2.45) is 0 Å². The van der Waals surface area contributed by atoms with Gasteiger partial charge in [-0.2, -0.15) is 0 Å². The zero-order chi connectivity index (χ0) is 22.7. The molecule has 0 aliphatic carbocycles. The molecule has 0 bridgehead atoms. The van der Waals surface area contributed by atoms with E-state index in [1.54, 1.807) is 24.4 Å². The Hall–Kier alpha value is -4.15. The number of ether oxygens (including phenoxy) is 1. The first-order valence-corrected chi connectivity index (χ1v) is 9.78. The normalized spacial score (nSPS) is 15.5. The predicted molar refractivity (Wildman–Crippen MR) is 110 cm³/mol. The Morgan fingerprint density at radius 3 is 2.84 bits per heavy atom. The molecule has 1 saturated heterocycles. The van der Waals surface area contributed by atoms with E-state index in [2.05, 4.69) is 15.6 Å². The summed E-state index contributed by atoms with van der Waals surface area (Å²) in [5.41, 5.74) is 1.09.